The van der Waals surface area contributed by atoms with Crippen LogP contribution in [0.15, 0.2) is 18.5 Å². The second kappa shape index (κ2) is 6.86. The van der Waals surface area contributed by atoms with Gasteiger partial charge in [0, 0.05) is 32.4 Å². The summed E-state index contributed by atoms with van der Waals surface area (Å²) in [4.78, 5) is 9.18. The van der Waals surface area contributed by atoms with Crippen molar-refractivity contribution in [1.82, 2.24) is 24.8 Å². The van der Waals surface area contributed by atoms with E-state index in [2.05, 4.69) is 25.0 Å². The third-order valence-electron chi connectivity index (χ3n) is 5.99. The fraction of sp³-hybridized carbons (Fsp3) is 0.526. The molecule has 0 amide bonds. The van der Waals surface area contributed by atoms with Crippen molar-refractivity contribution in [3.05, 3.63) is 23.5 Å². The van der Waals surface area contributed by atoms with E-state index >= 15 is 0 Å². The van der Waals surface area contributed by atoms with Crippen LogP contribution in [0.1, 0.15) is 12.8 Å². The van der Waals surface area contributed by atoms with Crippen molar-refractivity contribution >= 4 is 28.6 Å². The average Bonchev–Trinajstić information content (AvgIpc) is 3.48. The fourth-order valence-corrected chi connectivity index (χ4v) is 4.98. The molecule has 10 heteroatoms. The van der Waals surface area contributed by atoms with E-state index in [1.807, 2.05) is 16.8 Å². The normalized spacial score (nSPS) is 24.6. The highest BCUT2D eigenvalue weighted by Gasteiger charge is 2.36. The monoisotopic (exact) mass is 415 g/mol. The first kappa shape index (κ1) is 17.5. The number of H-pyrrole nitrogens is 1. The Labute approximate surface area is 172 Å². The van der Waals surface area contributed by atoms with E-state index in [0.717, 1.165) is 67.6 Å². The van der Waals surface area contributed by atoms with Gasteiger partial charge in [-0.2, -0.15) is 5.10 Å². The number of nitrogens with zero attached hydrogens (tertiary/aromatic N) is 6. The lowest BCUT2D eigenvalue weighted by atomic mass is 10.2. The smallest absolute Gasteiger partial charge is 0.179 e. The van der Waals surface area contributed by atoms with Crippen LogP contribution in [0.2, 0.25) is 5.02 Å². The molecule has 29 heavy (non-hydrogen) atoms. The lowest BCUT2D eigenvalue weighted by Crippen LogP contribution is -2.43. The van der Waals surface area contributed by atoms with Gasteiger partial charge in [-0.1, -0.05) is 11.6 Å². The number of imidazole rings is 1. The molecule has 2 unspecified atom stereocenters. The maximum Gasteiger partial charge on any atom is 0.179 e. The number of hydrogen-bond donors (Lipinski definition) is 1. The van der Waals surface area contributed by atoms with Gasteiger partial charge in [0.1, 0.15) is 16.2 Å². The van der Waals surface area contributed by atoms with E-state index in [9.17, 15) is 0 Å². The van der Waals surface area contributed by atoms with Gasteiger partial charge in [0.25, 0.3) is 0 Å². The van der Waals surface area contributed by atoms with Crippen molar-refractivity contribution < 1.29 is 9.47 Å². The molecule has 0 aromatic carbocycles. The average molecular weight is 416 g/mol. The van der Waals surface area contributed by atoms with Gasteiger partial charge in [0.05, 0.1) is 37.3 Å². The number of ether oxygens (including phenoxy) is 2. The van der Waals surface area contributed by atoms with Crippen molar-refractivity contribution in [1.29, 1.82) is 0 Å². The number of nitrogens with one attached hydrogen (secondary N) is 1. The number of aromatic amines is 1. The standard InChI is InChI=1S/C19H22ClN7O2/c20-16-17(25-5-7-28-8-6-25)15-9-21-18(14-3-4-22-23-14)27(15)24-19(16)26-10-12-1-2-13(11-26)29-12/h3-4,9,12-13H,1-2,5-8,10-11H2,(H,22,23). The van der Waals surface area contributed by atoms with Crippen molar-refractivity contribution in [2.45, 2.75) is 25.0 Å². The van der Waals surface area contributed by atoms with E-state index in [1.54, 1.807) is 6.20 Å². The molecule has 6 heterocycles. The van der Waals surface area contributed by atoms with E-state index in [1.165, 1.54) is 0 Å². The summed E-state index contributed by atoms with van der Waals surface area (Å²) in [6, 6.07) is 1.90. The summed E-state index contributed by atoms with van der Waals surface area (Å²) in [6.45, 7) is 4.57. The van der Waals surface area contributed by atoms with Crippen LogP contribution >= 0.6 is 11.6 Å². The zero-order valence-electron chi connectivity index (χ0n) is 15.9. The van der Waals surface area contributed by atoms with Gasteiger partial charge >= 0.3 is 0 Å². The molecule has 0 radical (unpaired) electrons. The Morgan fingerprint density at radius 2 is 1.90 bits per heavy atom. The quantitative estimate of drug-likeness (QED) is 0.700. The minimum Gasteiger partial charge on any atom is -0.378 e. The first-order valence-corrected chi connectivity index (χ1v) is 10.5. The summed E-state index contributed by atoms with van der Waals surface area (Å²) in [5.41, 5.74) is 2.68. The minimum atomic E-state index is 0.254. The van der Waals surface area contributed by atoms with Crippen LogP contribution in [0, 0.1) is 0 Å². The number of hydrogen-bond acceptors (Lipinski definition) is 7. The predicted octanol–water partition coefficient (Wildman–Crippen LogP) is 1.98. The van der Waals surface area contributed by atoms with Gasteiger partial charge in [-0.25, -0.2) is 9.50 Å². The molecule has 152 valence electrons. The lowest BCUT2D eigenvalue weighted by Gasteiger charge is -2.35. The molecule has 3 aliphatic heterocycles. The maximum atomic E-state index is 7.02. The summed E-state index contributed by atoms with van der Waals surface area (Å²) in [5, 5.41) is 12.7. The third kappa shape index (κ3) is 2.87. The summed E-state index contributed by atoms with van der Waals surface area (Å²) >= 11 is 7.02. The summed E-state index contributed by atoms with van der Waals surface area (Å²) in [7, 11) is 0. The topological polar surface area (TPSA) is 83.8 Å². The Kier molecular flexibility index (Phi) is 4.14. The maximum absolute atomic E-state index is 7.02. The highest BCUT2D eigenvalue weighted by molar-refractivity contribution is 6.36. The van der Waals surface area contributed by atoms with Crippen molar-refractivity contribution in [3.63, 3.8) is 0 Å². The third-order valence-corrected chi connectivity index (χ3v) is 6.34. The largest absolute Gasteiger partial charge is 0.378 e. The van der Waals surface area contributed by atoms with Crippen LogP contribution in [0.5, 0.6) is 0 Å². The summed E-state index contributed by atoms with van der Waals surface area (Å²) in [5.74, 6) is 1.51. The first-order chi connectivity index (χ1) is 14.3. The van der Waals surface area contributed by atoms with Gasteiger partial charge in [-0.05, 0) is 18.9 Å². The van der Waals surface area contributed by atoms with Crippen molar-refractivity contribution in [2.75, 3.05) is 49.2 Å². The molecule has 3 saturated heterocycles. The van der Waals surface area contributed by atoms with Crippen molar-refractivity contribution in [3.8, 4) is 11.5 Å². The second-order valence-corrected chi connectivity index (χ2v) is 8.18. The molecule has 1 N–H and O–H groups in total. The Morgan fingerprint density at radius 3 is 2.62 bits per heavy atom. The molecule has 2 atom stereocenters. The molecule has 6 rings (SSSR count). The molecule has 9 nitrogen and oxygen atoms in total. The van der Waals surface area contributed by atoms with Crippen LogP contribution in [0.4, 0.5) is 11.5 Å². The number of fused-ring (bicyclic) bond motifs is 3. The molecular formula is C19H22ClN7O2. The van der Waals surface area contributed by atoms with Crippen LogP contribution in [-0.4, -0.2) is 76.4 Å². The number of morpholine rings is 2. The Bertz CT molecular complexity index is 1020. The van der Waals surface area contributed by atoms with E-state index < -0.39 is 0 Å². The van der Waals surface area contributed by atoms with E-state index in [0.29, 0.717) is 18.2 Å². The summed E-state index contributed by atoms with van der Waals surface area (Å²) < 4.78 is 13.5. The molecule has 0 aliphatic carbocycles. The molecule has 0 saturated carbocycles. The van der Waals surface area contributed by atoms with Gasteiger partial charge in [0.2, 0.25) is 0 Å². The van der Waals surface area contributed by atoms with E-state index in [4.69, 9.17) is 26.2 Å². The van der Waals surface area contributed by atoms with Gasteiger partial charge in [0.15, 0.2) is 11.6 Å². The fourth-order valence-electron chi connectivity index (χ4n) is 4.61. The number of anilines is 2. The molecule has 3 aliphatic rings. The van der Waals surface area contributed by atoms with Crippen LogP contribution in [-0.2, 0) is 9.47 Å². The van der Waals surface area contributed by atoms with Gasteiger partial charge < -0.3 is 19.3 Å². The highest BCUT2D eigenvalue weighted by Crippen LogP contribution is 2.40. The van der Waals surface area contributed by atoms with Crippen LogP contribution in [0.25, 0.3) is 17.0 Å². The SMILES string of the molecule is Clc1c(N2CC3CCC(C2)O3)nn2c(-c3ccn[nH]3)ncc2c1N1CCOCC1. The van der Waals surface area contributed by atoms with Gasteiger partial charge in [-0.15, -0.1) is 5.10 Å². The first-order valence-electron chi connectivity index (χ1n) is 10.1. The predicted molar refractivity (Wildman–Crippen MR) is 109 cm³/mol. The van der Waals surface area contributed by atoms with E-state index in [-0.39, 0.29) is 12.2 Å². The van der Waals surface area contributed by atoms with Gasteiger partial charge in [-0.3, -0.25) is 5.10 Å². The Morgan fingerprint density at radius 1 is 1.10 bits per heavy atom. The highest BCUT2D eigenvalue weighted by atomic mass is 35.5. The summed E-state index contributed by atoms with van der Waals surface area (Å²) in [6.07, 6.45) is 6.26. The zero-order chi connectivity index (χ0) is 19.4. The van der Waals surface area contributed by atoms with Crippen LogP contribution in [0.3, 0.4) is 0 Å². The zero-order valence-corrected chi connectivity index (χ0v) is 16.7. The lowest BCUT2D eigenvalue weighted by molar-refractivity contribution is 0.0302. The van der Waals surface area contributed by atoms with Crippen molar-refractivity contribution in [2.24, 2.45) is 0 Å². The number of aromatic nitrogens is 5. The Balaban J connectivity index is 1.53. The minimum absolute atomic E-state index is 0.254. The molecule has 3 fully saturated rings. The Hall–Kier alpha value is -2.36. The molecule has 0 spiro atoms. The molecule has 3 aromatic heterocycles. The molecule has 2 bridgehead atoms. The number of rotatable bonds is 3. The molecular weight excluding hydrogens is 394 g/mol. The van der Waals surface area contributed by atoms with Crippen LogP contribution < -0.4 is 9.80 Å². The number of halogens is 1. The molecule has 3 aromatic rings. The second-order valence-electron chi connectivity index (χ2n) is 7.80.